The number of halogens is 10. The standard InChI is InChI=1S/C8H10O2.5F2/c9-8(10)6-5-7-3-1-2-4-7;5*1-2/h1,3-4H,2,5-6H2,(H,9,10);;;;;. The molecule has 0 aromatic rings. The molecule has 20 heavy (non-hydrogen) atoms. The summed E-state index contributed by atoms with van der Waals surface area (Å²) in [5, 5.41) is 8.32. The highest BCUT2D eigenvalue weighted by Crippen LogP contribution is 2.13. The van der Waals surface area contributed by atoms with Crippen molar-refractivity contribution in [1.82, 2.24) is 0 Å². The van der Waals surface area contributed by atoms with Crippen molar-refractivity contribution in [3.8, 4) is 0 Å². The predicted octanol–water partition coefficient (Wildman–Crippen LogP) is 5.94. The van der Waals surface area contributed by atoms with Gasteiger partial charge in [0.2, 0.25) is 0 Å². The summed E-state index contributed by atoms with van der Waals surface area (Å²) in [6.45, 7) is 0. The van der Waals surface area contributed by atoms with Gasteiger partial charge in [-0.15, -0.1) is 0 Å². The minimum atomic E-state index is -0.721. The van der Waals surface area contributed by atoms with Crippen molar-refractivity contribution in [2.45, 2.75) is 19.3 Å². The van der Waals surface area contributed by atoms with Crippen LogP contribution in [0.3, 0.4) is 0 Å². The Morgan fingerprint density at radius 2 is 1.35 bits per heavy atom. The van der Waals surface area contributed by atoms with Crippen LogP contribution >= 0.6 is 0 Å². The van der Waals surface area contributed by atoms with Gasteiger partial charge in [0.1, 0.15) is 0 Å². The summed E-state index contributed by atoms with van der Waals surface area (Å²) >= 11 is 0. The van der Waals surface area contributed by atoms with Crippen molar-refractivity contribution in [1.29, 1.82) is 0 Å². The molecule has 1 aliphatic rings. The zero-order valence-corrected chi connectivity index (χ0v) is 9.49. The molecule has 0 fully saturated rings. The van der Waals surface area contributed by atoms with Gasteiger partial charge in [-0.05, 0) is 12.8 Å². The number of allylic oxidation sites excluding steroid dienone is 4. The fourth-order valence-electron chi connectivity index (χ4n) is 0.944. The van der Waals surface area contributed by atoms with Gasteiger partial charge in [-0.1, -0.05) is 23.8 Å². The van der Waals surface area contributed by atoms with E-state index in [0.717, 1.165) is 12.0 Å². The summed E-state index contributed by atoms with van der Waals surface area (Å²) in [5.41, 5.74) is 1.16. The first-order valence-electron chi connectivity index (χ1n) is 4.08. The summed E-state index contributed by atoms with van der Waals surface area (Å²) in [4.78, 5) is 10.1. The van der Waals surface area contributed by atoms with Crippen LogP contribution in [0.2, 0.25) is 0 Å². The molecule has 0 aliphatic heterocycles. The number of rotatable bonds is 3. The molecule has 1 N–H and O–H groups in total. The molecule has 0 saturated carbocycles. The van der Waals surface area contributed by atoms with Crippen molar-refractivity contribution in [2.75, 3.05) is 0 Å². The van der Waals surface area contributed by atoms with Gasteiger partial charge in [-0.25, -0.2) is 0 Å². The molecule has 0 atom stereocenters. The first kappa shape index (κ1) is 30.9. The monoisotopic (exact) mass is 328 g/mol. The van der Waals surface area contributed by atoms with E-state index in [9.17, 15) is 4.79 Å². The average molecular weight is 328 g/mol. The highest BCUT2D eigenvalue weighted by molar-refractivity contribution is 5.67. The molecular weight excluding hydrogens is 318 g/mol. The van der Waals surface area contributed by atoms with Crippen LogP contribution in [0, 0.1) is 0 Å². The summed E-state index contributed by atoms with van der Waals surface area (Å²) in [7, 11) is 0. The molecule has 2 nitrogen and oxygen atoms in total. The predicted molar refractivity (Wildman–Crippen MR) is 49.8 cm³/mol. The third kappa shape index (κ3) is 36.0. The summed E-state index contributed by atoms with van der Waals surface area (Å²) in [6.07, 6.45) is 7.97. The number of hydrogen-bond acceptors (Lipinski definition) is 1. The maximum Gasteiger partial charge on any atom is 0.303 e. The molecule has 0 spiro atoms. The Bertz CT molecular complexity index is 209. The minimum Gasteiger partial charge on any atom is -0.481 e. The van der Waals surface area contributed by atoms with Gasteiger partial charge in [0.25, 0.3) is 0 Å². The third-order valence-electron chi connectivity index (χ3n) is 1.48. The Kier molecular flexibility index (Phi) is 67.1. The summed E-state index contributed by atoms with van der Waals surface area (Å²) < 4.78 is 80.0. The molecule has 0 unspecified atom stereocenters. The van der Waals surface area contributed by atoms with Gasteiger partial charge >= 0.3 is 5.97 Å². The lowest BCUT2D eigenvalue weighted by Gasteiger charge is -1.93. The zero-order chi connectivity index (χ0) is 17.4. The van der Waals surface area contributed by atoms with Gasteiger partial charge in [-0.2, -0.15) is 0 Å². The Labute approximate surface area is 106 Å². The molecule has 0 bridgehead atoms. The van der Waals surface area contributed by atoms with Gasteiger partial charge in [0, 0.05) is 52.2 Å². The second-order valence-electron chi connectivity index (χ2n) is 2.31. The van der Waals surface area contributed by atoms with Gasteiger partial charge in [-0.3, -0.25) is 4.79 Å². The van der Waals surface area contributed by atoms with Crippen LogP contribution in [0.4, 0.5) is 45.7 Å². The number of carboxylic acids is 1. The van der Waals surface area contributed by atoms with Crippen molar-refractivity contribution >= 4 is 5.97 Å². The molecular formula is C8H10F10O2. The van der Waals surface area contributed by atoms with Crippen molar-refractivity contribution < 1.29 is 55.6 Å². The van der Waals surface area contributed by atoms with E-state index in [1.807, 2.05) is 12.2 Å². The van der Waals surface area contributed by atoms with E-state index in [1.54, 1.807) is 0 Å². The number of carboxylic acid groups (broad SMARTS) is 1. The average Bonchev–Trinajstić information content (AvgIpc) is 3.08. The smallest absolute Gasteiger partial charge is 0.303 e. The van der Waals surface area contributed by atoms with Crippen molar-refractivity contribution in [3.63, 3.8) is 0 Å². The van der Waals surface area contributed by atoms with E-state index >= 15 is 0 Å². The Hall–Kier alpha value is -1.75. The molecule has 0 aromatic heterocycles. The normalized spacial score (nSPS) is 9.20. The maximum absolute atomic E-state index is 10.1. The Morgan fingerprint density at radius 3 is 1.60 bits per heavy atom. The molecule has 1 rings (SSSR count). The molecule has 0 amide bonds. The van der Waals surface area contributed by atoms with Crippen LogP contribution in [0.25, 0.3) is 0 Å². The lowest BCUT2D eigenvalue weighted by atomic mass is 10.1. The van der Waals surface area contributed by atoms with Crippen LogP contribution in [-0.4, -0.2) is 11.1 Å². The second-order valence-corrected chi connectivity index (χ2v) is 2.31. The molecule has 124 valence electrons. The molecule has 0 heterocycles. The quantitative estimate of drug-likeness (QED) is 0.651. The lowest BCUT2D eigenvalue weighted by molar-refractivity contribution is -0.136. The van der Waals surface area contributed by atoms with Crippen molar-refractivity contribution in [3.05, 3.63) is 23.8 Å². The van der Waals surface area contributed by atoms with Gasteiger partial charge in [0.05, 0.1) is 0 Å². The highest BCUT2D eigenvalue weighted by Gasteiger charge is 2.00. The third-order valence-corrected chi connectivity index (χ3v) is 1.48. The highest BCUT2D eigenvalue weighted by atomic mass is 20.0. The van der Waals surface area contributed by atoms with Gasteiger partial charge < -0.3 is 5.11 Å². The number of hydrogen-bond donors (Lipinski definition) is 1. The Morgan fingerprint density at radius 1 is 0.950 bits per heavy atom. The van der Waals surface area contributed by atoms with E-state index in [-0.39, 0.29) is 6.42 Å². The first-order valence-corrected chi connectivity index (χ1v) is 4.08. The fourth-order valence-corrected chi connectivity index (χ4v) is 0.944. The molecule has 0 saturated heterocycles. The zero-order valence-electron chi connectivity index (χ0n) is 9.49. The van der Waals surface area contributed by atoms with Gasteiger partial charge in [0.15, 0.2) is 0 Å². The topological polar surface area (TPSA) is 37.3 Å². The van der Waals surface area contributed by atoms with E-state index in [4.69, 9.17) is 50.8 Å². The molecule has 0 radical (unpaired) electrons. The summed E-state index contributed by atoms with van der Waals surface area (Å²) in [6, 6.07) is 0. The largest absolute Gasteiger partial charge is 0.481 e. The maximum atomic E-state index is 10.1. The van der Waals surface area contributed by atoms with Crippen LogP contribution in [0.5, 0.6) is 0 Å². The van der Waals surface area contributed by atoms with Crippen LogP contribution < -0.4 is 0 Å². The number of carbonyl (C=O) groups is 1. The Balaban J connectivity index is -0.0000000639. The molecule has 12 heteroatoms. The van der Waals surface area contributed by atoms with Crippen molar-refractivity contribution in [2.24, 2.45) is 0 Å². The lowest BCUT2D eigenvalue weighted by Crippen LogP contribution is -1.93. The fraction of sp³-hybridized carbons (Fsp3) is 0.375. The van der Waals surface area contributed by atoms with E-state index in [0.29, 0.717) is 6.42 Å². The van der Waals surface area contributed by atoms with Crippen LogP contribution in [0.1, 0.15) is 19.3 Å². The van der Waals surface area contributed by atoms with E-state index in [1.165, 1.54) is 0 Å². The number of aliphatic carboxylic acids is 1. The van der Waals surface area contributed by atoms with E-state index in [2.05, 4.69) is 6.08 Å². The van der Waals surface area contributed by atoms with Crippen LogP contribution in [-0.2, 0) is 4.79 Å². The molecule has 0 aromatic carbocycles. The van der Waals surface area contributed by atoms with Crippen LogP contribution in [0.15, 0.2) is 23.8 Å². The van der Waals surface area contributed by atoms with E-state index < -0.39 is 5.97 Å². The minimum absolute atomic E-state index is 0.246. The SMILES string of the molecule is FF.FF.FF.FF.FF.O=C(O)CCC1=CCC=C1. The summed E-state index contributed by atoms with van der Waals surface area (Å²) in [5.74, 6) is -0.721. The molecule has 1 aliphatic carbocycles. The second kappa shape index (κ2) is 43.4. The first-order chi connectivity index (χ1) is 9.79.